The highest BCUT2D eigenvalue weighted by Crippen LogP contribution is 2.35. The SMILES string of the molecule is N#Cc1cc(S(=O)(=O)Nc2nccs2)ccc1Oc1ccc(-c2cc(C(F)(F)F)n(CCCF)n2)cc1F. The fourth-order valence-electron chi connectivity index (χ4n) is 3.33. The molecule has 38 heavy (non-hydrogen) atoms. The third-order valence-electron chi connectivity index (χ3n) is 5.06. The molecule has 2 heterocycles. The van der Waals surface area contributed by atoms with Crippen LogP contribution in [0.2, 0.25) is 0 Å². The Morgan fingerprint density at radius 2 is 1.89 bits per heavy atom. The van der Waals surface area contributed by atoms with Gasteiger partial charge in [-0.05, 0) is 48.9 Å². The van der Waals surface area contributed by atoms with Gasteiger partial charge in [-0.2, -0.15) is 23.5 Å². The lowest BCUT2D eigenvalue weighted by atomic mass is 10.1. The second kappa shape index (κ2) is 10.8. The van der Waals surface area contributed by atoms with E-state index in [-0.39, 0.29) is 51.3 Å². The molecule has 0 atom stereocenters. The predicted molar refractivity (Wildman–Crippen MR) is 127 cm³/mol. The van der Waals surface area contributed by atoms with Crippen LogP contribution in [0, 0.1) is 17.1 Å². The summed E-state index contributed by atoms with van der Waals surface area (Å²) in [4.78, 5) is 3.58. The van der Waals surface area contributed by atoms with E-state index < -0.39 is 34.4 Å². The lowest BCUT2D eigenvalue weighted by Crippen LogP contribution is -2.15. The zero-order chi connectivity index (χ0) is 27.5. The van der Waals surface area contributed by atoms with Gasteiger partial charge in [-0.15, -0.1) is 11.3 Å². The number of nitrogens with one attached hydrogen (secondary N) is 1. The second-order valence-electron chi connectivity index (χ2n) is 7.64. The number of sulfonamides is 1. The molecule has 1 N–H and O–H groups in total. The molecular weight excluding hydrogens is 553 g/mol. The first-order valence-corrected chi connectivity index (χ1v) is 13.0. The molecule has 2 aromatic heterocycles. The van der Waals surface area contributed by atoms with E-state index in [2.05, 4.69) is 14.8 Å². The molecule has 4 rings (SSSR count). The summed E-state index contributed by atoms with van der Waals surface area (Å²) in [5.41, 5.74) is -1.48. The summed E-state index contributed by atoms with van der Waals surface area (Å²) in [6.07, 6.45) is -3.51. The molecule has 4 aromatic rings. The van der Waals surface area contributed by atoms with Crippen molar-refractivity contribution in [1.82, 2.24) is 14.8 Å². The lowest BCUT2D eigenvalue weighted by Gasteiger charge is -2.11. The number of ether oxygens (including phenoxy) is 1. The van der Waals surface area contributed by atoms with Crippen molar-refractivity contribution in [2.24, 2.45) is 0 Å². The van der Waals surface area contributed by atoms with Crippen molar-refractivity contribution in [3.05, 3.63) is 71.1 Å². The predicted octanol–water partition coefficient (Wildman–Crippen LogP) is 5.99. The molecule has 198 valence electrons. The number of nitriles is 1. The van der Waals surface area contributed by atoms with Crippen molar-refractivity contribution in [1.29, 1.82) is 5.26 Å². The molecule has 0 saturated heterocycles. The largest absolute Gasteiger partial charge is 0.453 e. The van der Waals surface area contributed by atoms with E-state index in [1.807, 2.05) is 0 Å². The van der Waals surface area contributed by atoms with Crippen molar-refractivity contribution in [3.8, 4) is 28.8 Å². The molecule has 0 saturated carbocycles. The number of thiazole rings is 1. The minimum atomic E-state index is -4.74. The van der Waals surface area contributed by atoms with Gasteiger partial charge in [0.1, 0.15) is 17.5 Å². The molecule has 0 aliphatic carbocycles. The monoisotopic (exact) mass is 569 g/mol. The van der Waals surface area contributed by atoms with Crippen LogP contribution in [-0.4, -0.2) is 29.9 Å². The number of halogens is 5. The van der Waals surface area contributed by atoms with E-state index in [1.54, 1.807) is 11.4 Å². The number of aryl methyl sites for hydroxylation is 1. The summed E-state index contributed by atoms with van der Waals surface area (Å²) < 4.78 is 101. The van der Waals surface area contributed by atoms with Crippen LogP contribution in [0.3, 0.4) is 0 Å². The number of rotatable bonds is 9. The van der Waals surface area contributed by atoms with Gasteiger partial charge in [-0.25, -0.2) is 17.8 Å². The Morgan fingerprint density at radius 1 is 1.13 bits per heavy atom. The quantitative estimate of drug-likeness (QED) is 0.248. The summed E-state index contributed by atoms with van der Waals surface area (Å²) in [5, 5.41) is 15.0. The van der Waals surface area contributed by atoms with E-state index in [0.29, 0.717) is 4.68 Å². The highest BCUT2D eigenvalue weighted by molar-refractivity contribution is 7.93. The van der Waals surface area contributed by atoms with Gasteiger partial charge >= 0.3 is 6.18 Å². The van der Waals surface area contributed by atoms with E-state index >= 15 is 0 Å². The van der Waals surface area contributed by atoms with Crippen molar-refractivity contribution in [2.45, 2.75) is 24.0 Å². The van der Waals surface area contributed by atoms with Gasteiger partial charge < -0.3 is 4.74 Å². The zero-order valence-electron chi connectivity index (χ0n) is 19.0. The van der Waals surface area contributed by atoms with Crippen molar-refractivity contribution >= 4 is 26.5 Å². The van der Waals surface area contributed by atoms with Crippen LogP contribution in [-0.2, 0) is 22.7 Å². The van der Waals surface area contributed by atoms with Crippen LogP contribution in [0.4, 0.5) is 27.1 Å². The topological polar surface area (TPSA) is 110 Å². The van der Waals surface area contributed by atoms with E-state index in [1.165, 1.54) is 18.3 Å². The van der Waals surface area contributed by atoms with Gasteiger partial charge in [0.05, 0.1) is 22.8 Å². The summed E-state index contributed by atoms with van der Waals surface area (Å²) >= 11 is 1.06. The highest BCUT2D eigenvalue weighted by Gasteiger charge is 2.36. The summed E-state index contributed by atoms with van der Waals surface area (Å²) in [6.45, 7) is -1.13. The molecule has 0 fully saturated rings. The van der Waals surface area contributed by atoms with Gasteiger partial charge in [0.2, 0.25) is 0 Å². The van der Waals surface area contributed by atoms with Crippen LogP contribution >= 0.6 is 11.3 Å². The minimum absolute atomic E-state index is 0.00885. The minimum Gasteiger partial charge on any atom is -0.453 e. The number of benzene rings is 2. The summed E-state index contributed by atoms with van der Waals surface area (Å²) in [6, 6.07) is 9.19. The highest BCUT2D eigenvalue weighted by atomic mass is 32.2. The fourth-order valence-corrected chi connectivity index (χ4v) is 5.14. The summed E-state index contributed by atoms with van der Waals surface area (Å²) in [7, 11) is -4.06. The molecule has 15 heteroatoms. The van der Waals surface area contributed by atoms with Crippen molar-refractivity contribution in [3.63, 3.8) is 0 Å². The Labute approximate surface area is 217 Å². The van der Waals surface area contributed by atoms with Crippen LogP contribution in [0.15, 0.2) is 58.9 Å². The first kappa shape index (κ1) is 27.0. The molecule has 0 bridgehead atoms. The third kappa shape index (κ3) is 5.92. The van der Waals surface area contributed by atoms with E-state index in [9.17, 15) is 35.6 Å². The Morgan fingerprint density at radius 3 is 2.53 bits per heavy atom. The molecule has 0 amide bonds. The average molecular weight is 570 g/mol. The molecule has 0 unspecified atom stereocenters. The first-order valence-electron chi connectivity index (χ1n) is 10.7. The van der Waals surface area contributed by atoms with Crippen LogP contribution in [0.5, 0.6) is 11.5 Å². The van der Waals surface area contributed by atoms with Crippen LogP contribution in [0.1, 0.15) is 17.7 Å². The second-order valence-corrected chi connectivity index (χ2v) is 10.2. The maximum absolute atomic E-state index is 14.9. The van der Waals surface area contributed by atoms with Gasteiger partial charge in [0.15, 0.2) is 16.7 Å². The molecule has 0 radical (unpaired) electrons. The number of hydrogen-bond acceptors (Lipinski definition) is 7. The van der Waals surface area contributed by atoms with Gasteiger partial charge in [0.25, 0.3) is 10.0 Å². The standard InChI is InChI=1S/C23H16F5N5O3S2/c24-6-1-8-33-21(23(26,27)28)12-18(31-33)14-2-4-20(17(25)11-14)36-19-5-3-16(10-15(19)13-29)38(34,35)32-22-30-7-9-37-22/h2-5,7,9-12H,1,6,8H2,(H,30,32). The number of hydrogen-bond donors (Lipinski definition) is 1. The normalized spacial score (nSPS) is 11.8. The van der Waals surface area contributed by atoms with Crippen molar-refractivity contribution < 1.29 is 35.1 Å². The molecular formula is C23H16F5N5O3S2. The Balaban J connectivity index is 1.59. The number of nitrogens with zero attached hydrogens (tertiary/aromatic N) is 4. The smallest absolute Gasteiger partial charge is 0.433 e. The Hall–Kier alpha value is -4.03. The van der Waals surface area contributed by atoms with Crippen LogP contribution < -0.4 is 9.46 Å². The number of aromatic nitrogens is 3. The lowest BCUT2D eigenvalue weighted by molar-refractivity contribution is -0.144. The van der Waals surface area contributed by atoms with E-state index in [4.69, 9.17) is 4.74 Å². The maximum Gasteiger partial charge on any atom is 0.433 e. The zero-order valence-corrected chi connectivity index (χ0v) is 20.7. The number of alkyl halides is 4. The van der Waals surface area contributed by atoms with Crippen molar-refractivity contribution in [2.75, 3.05) is 11.4 Å². The fraction of sp³-hybridized carbons (Fsp3) is 0.174. The average Bonchev–Trinajstić information content (AvgIpc) is 3.53. The molecule has 0 spiro atoms. The Bertz CT molecular complexity index is 1600. The van der Waals surface area contributed by atoms with Gasteiger partial charge in [-0.1, -0.05) is 0 Å². The van der Waals surface area contributed by atoms with Crippen LogP contribution in [0.25, 0.3) is 11.3 Å². The molecule has 0 aliphatic heterocycles. The molecule has 8 nitrogen and oxygen atoms in total. The Kier molecular flexibility index (Phi) is 7.65. The van der Waals surface area contributed by atoms with E-state index in [0.717, 1.165) is 41.7 Å². The van der Waals surface area contributed by atoms with Gasteiger partial charge in [-0.3, -0.25) is 13.8 Å². The summed E-state index contributed by atoms with van der Waals surface area (Å²) in [5.74, 6) is -1.49. The maximum atomic E-state index is 14.9. The van der Waals surface area contributed by atoms with Gasteiger partial charge in [0, 0.05) is 23.7 Å². The number of anilines is 1. The molecule has 2 aromatic carbocycles. The molecule has 0 aliphatic rings. The first-order chi connectivity index (χ1) is 18.0. The third-order valence-corrected chi connectivity index (χ3v) is 7.21.